The molecule has 8 nitrogen and oxygen atoms in total. The number of hydrogen-bond donors (Lipinski definition) is 0. The van der Waals surface area contributed by atoms with Gasteiger partial charge in [0.2, 0.25) is 10.0 Å². The van der Waals surface area contributed by atoms with Crippen LogP contribution < -0.4 is 0 Å². The van der Waals surface area contributed by atoms with Gasteiger partial charge in [0.15, 0.2) is 5.69 Å². The van der Waals surface area contributed by atoms with Crippen LogP contribution in [0.1, 0.15) is 41.9 Å². The number of amides is 1. The molecule has 2 aliphatic heterocycles. The minimum Gasteiger partial charge on any atom is -0.381 e. The van der Waals surface area contributed by atoms with Gasteiger partial charge in [-0.25, -0.2) is 8.42 Å². The van der Waals surface area contributed by atoms with Gasteiger partial charge in [-0.15, -0.1) is 0 Å². The van der Waals surface area contributed by atoms with Crippen LogP contribution in [0.25, 0.3) is 0 Å². The van der Waals surface area contributed by atoms with Crippen molar-refractivity contribution in [3.63, 3.8) is 0 Å². The van der Waals surface area contributed by atoms with Gasteiger partial charge in [0.05, 0.1) is 6.26 Å². The van der Waals surface area contributed by atoms with Gasteiger partial charge in [-0.2, -0.15) is 4.31 Å². The average molecular weight is 371 g/mol. The molecule has 0 saturated carbocycles. The number of aromatic nitrogens is 1. The Balaban J connectivity index is 1.76. The van der Waals surface area contributed by atoms with Crippen LogP contribution in [0.5, 0.6) is 0 Å². The van der Waals surface area contributed by atoms with E-state index in [1.54, 1.807) is 22.2 Å². The van der Waals surface area contributed by atoms with Gasteiger partial charge < -0.3 is 14.2 Å². The lowest BCUT2D eigenvalue weighted by Crippen LogP contribution is -2.55. The van der Waals surface area contributed by atoms with Gasteiger partial charge in [0.25, 0.3) is 5.91 Å². The Morgan fingerprint density at radius 2 is 2.00 bits per heavy atom. The molecule has 3 rings (SSSR count). The standard InChI is InChI=1S/C16H25N3O5S/c1-12-10-15(17-24-12)16(20)18-7-3-4-14(11-18)19(25(2,21)22)13-5-8-23-9-6-13/h10,13-14H,3-9,11H2,1-2H3. The molecule has 2 fully saturated rings. The number of sulfonamides is 1. The zero-order valence-electron chi connectivity index (χ0n) is 14.7. The van der Waals surface area contributed by atoms with Crippen molar-refractivity contribution in [2.45, 2.75) is 44.7 Å². The molecule has 0 radical (unpaired) electrons. The monoisotopic (exact) mass is 371 g/mol. The van der Waals surface area contributed by atoms with E-state index in [1.165, 1.54) is 6.26 Å². The van der Waals surface area contributed by atoms with Crippen LogP contribution in [-0.4, -0.2) is 73.3 Å². The van der Waals surface area contributed by atoms with E-state index in [0.717, 1.165) is 12.8 Å². The minimum atomic E-state index is -3.37. The van der Waals surface area contributed by atoms with Gasteiger partial charge in [-0.1, -0.05) is 5.16 Å². The molecular formula is C16H25N3O5S. The predicted molar refractivity (Wildman–Crippen MR) is 90.7 cm³/mol. The lowest BCUT2D eigenvalue weighted by molar-refractivity contribution is 0.0339. The van der Waals surface area contributed by atoms with Crippen LogP contribution in [0.3, 0.4) is 0 Å². The lowest BCUT2D eigenvalue weighted by Gasteiger charge is -2.42. The van der Waals surface area contributed by atoms with Crippen molar-refractivity contribution in [1.82, 2.24) is 14.4 Å². The van der Waals surface area contributed by atoms with E-state index >= 15 is 0 Å². The van der Waals surface area contributed by atoms with Gasteiger partial charge in [0.1, 0.15) is 5.76 Å². The molecule has 25 heavy (non-hydrogen) atoms. The first-order valence-electron chi connectivity index (χ1n) is 8.65. The average Bonchev–Trinajstić information content (AvgIpc) is 3.01. The molecule has 1 aromatic rings. The first kappa shape index (κ1) is 18.3. The second kappa shape index (κ2) is 7.43. The smallest absolute Gasteiger partial charge is 0.276 e. The summed E-state index contributed by atoms with van der Waals surface area (Å²) >= 11 is 0. The van der Waals surface area contributed by atoms with Crippen molar-refractivity contribution >= 4 is 15.9 Å². The molecular weight excluding hydrogens is 346 g/mol. The molecule has 0 aromatic carbocycles. The second-order valence-corrected chi connectivity index (χ2v) is 8.69. The first-order chi connectivity index (χ1) is 11.9. The highest BCUT2D eigenvalue weighted by molar-refractivity contribution is 7.88. The van der Waals surface area contributed by atoms with Crippen molar-refractivity contribution < 1.29 is 22.5 Å². The number of piperidine rings is 1. The third-order valence-corrected chi connectivity index (χ3v) is 6.19. The van der Waals surface area contributed by atoms with E-state index in [-0.39, 0.29) is 23.7 Å². The largest absolute Gasteiger partial charge is 0.381 e. The Kier molecular flexibility index (Phi) is 5.45. The number of likely N-dealkylation sites (tertiary alicyclic amines) is 1. The van der Waals surface area contributed by atoms with E-state index in [4.69, 9.17) is 9.26 Å². The van der Waals surface area contributed by atoms with Gasteiger partial charge in [-0.3, -0.25) is 4.79 Å². The number of aryl methyl sites for hydroxylation is 1. The molecule has 9 heteroatoms. The quantitative estimate of drug-likeness (QED) is 0.785. The molecule has 0 aliphatic carbocycles. The van der Waals surface area contributed by atoms with Crippen LogP contribution in [0.15, 0.2) is 10.6 Å². The molecule has 0 N–H and O–H groups in total. The number of nitrogens with zero attached hydrogens (tertiary/aromatic N) is 3. The van der Waals surface area contributed by atoms with Crippen LogP contribution in [0.4, 0.5) is 0 Å². The Labute approximate surface area is 148 Å². The highest BCUT2D eigenvalue weighted by Gasteiger charge is 2.38. The van der Waals surface area contributed by atoms with Crippen LogP contribution in [-0.2, 0) is 14.8 Å². The van der Waals surface area contributed by atoms with Crippen molar-refractivity contribution in [1.29, 1.82) is 0 Å². The van der Waals surface area contributed by atoms with E-state index in [0.29, 0.717) is 44.9 Å². The first-order valence-corrected chi connectivity index (χ1v) is 10.5. The molecule has 0 bridgehead atoms. The highest BCUT2D eigenvalue weighted by atomic mass is 32.2. The Morgan fingerprint density at radius 3 is 2.60 bits per heavy atom. The van der Waals surface area contributed by atoms with Crippen molar-refractivity contribution in [3.8, 4) is 0 Å². The summed E-state index contributed by atoms with van der Waals surface area (Å²) in [5, 5.41) is 3.78. The van der Waals surface area contributed by atoms with Gasteiger partial charge >= 0.3 is 0 Å². The topological polar surface area (TPSA) is 93.0 Å². The van der Waals surface area contributed by atoms with Crippen molar-refractivity contribution in [2.24, 2.45) is 0 Å². The number of carbonyl (C=O) groups excluding carboxylic acids is 1. The third kappa shape index (κ3) is 4.21. The number of hydrogen-bond acceptors (Lipinski definition) is 6. The Morgan fingerprint density at radius 1 is 1.28 bits per heavy atom. The van der Waals surface area contributed by atoms with Crippen LogP contribution in [0.2, 0.25) is 0 Å². The maximum absolute atomic E-state index is 12.6. The van der Waals surface area contributed by atoms with E-state index in [9.17, 15) is 13.2 Å². The molecule has 1 atom stereocenters. The molecule has 3 heterocycles. The highest BCUT2D eigenvalue weighted by Crippen LogP contribution is 2.26. The van der Waals surface area contributed by atoms with Crippen molar-refractivity contribution in [3.05, 3.63) is 17.5 Å². The Hall–Kier alpha value is -1.45. The van der Waals surface area contributed by atoms with Gasteiger partial charge in [-0.05, 0) is 32.6 Å². The molecule has 1 amide bonds. The number of carbonyl (C=O) groups is 1. The summed E-state index contributed by atoms with van der Waals surface area (Å²) in [4.78, 5) is 14.3. The normalized spacial score (nSPS) is 23.2. The lowest BCUT2D eigenvalue weighted by atomic mass is 10.0. The summed E-state index contributed by atoms with van der Waals surface area (Å²) in [6.45, 7) is 3.87. The summed E-state index contributed by atoms with van der Waals surface area (Å²) < 4.78 is 36.8. The fourth-order valence-electron chi connectivity index (χ4n) is 3.76. The van der Waals surface area contributed by atoms with E-state index in [2.05, 4.69) is 5.16 Å². The molecule has 2 saturated heterocycles. The number of ether oxygens (including phenoxy) is 1. The van der Waals surface area contributed by atoms with Crippen LogP contribution >= 0.6 is 0 Å². The third-order valence-electron chi connectivity index (χ3n) is 4.82. The summed E-state index contributed by atoms with van der Waals surface area (Å²) in [5.41, 5.74) is 0.273. The predicted octanol–water partition coefficient (Wildman–Crippen LogP) is 1.03. The van der Waals surface area contributed by atoms with Crippen molar-refractivity contribution in [2.75, 3.05) is 32.6 Å². The van der Waals surface area contributed by atoms with E-state index < -0.39 is 10.0 Å². The molecule has 2 aliphatic rings. The maximum atomic E-state index is 12.6. The zero-order valence-corrected chi connectivity index (χ0v) is 15.5. The summed E-state index contributed by atoms with van der Waals surface area (Å²) in [6.07, 6.45) is 4.17. The van der Waals surface area contributed by atoms with E-state index in [1.807, 2.05) is 0 Å². The SMILES string of the molecule is Cc1cc(C(=O)N2CCCC(N(C3CCOCC3)S(C)(=O)=O)C2)no1. The Bertz CT molecular complexity index is 711. The zero-order chi connectivity index (χ0) is 18.0. The fraction of sp³-hybridized carbons (Fsp3) is 0.750. The molecule has 140 valence electrons. The second-order valence-electron chi connectivity index (χ2n) is 6.81. The minimum absolute atomic E-state index is 0.0573. The molecule has 1 aromatic heterocycles. The number of rotatable bonds is 4. The summed E-state index contributed by atoms with van der Waals surface area (Å²) in [6, 6.07) is 1.35. The summed E-state index contributed by atoms with van der Waals surface area (Å²) in [7, 11) is -3.37. The van der Waals surface area contributed by atoms with Crippen LogP contribution in [0, 0.1) is 6.92 Å². The molecule has 0 spiro atoms. The van der Waals surface area contributed by atoms with Gasteiger partial charge in [0, 0.05) is 44.5 Å². The molecule has 1 unspecified atom stereocenters. The maximum Gasteiger partial charge on any atom is 0.276 e. The fourth-order valence-corrected chi connectivity index (χ4v) is 5.22. The summed E-state index contributed by atoms with van der Waals surface area (Å²) in [5.74, 6) is 0.374.